The van der Waals surface area contributed by atoms with Gasteiger partial charge in [0.05, 0.1) is 25.0 Å². The highest BCUT2D eigenvalue weighted by Crippen LogP contribution is 2.22. The molecule has 1 aromatic heterocycles. The topological polar surface area (TPSA) is 79.4 Å². The summed E-state index contributed by atoms with van der Waals surface area (Å²) in [4.78, 5) is 10.1. The number of methoxy groups -OCH3 is 1. The van der Waals surface area contributed by atoms with E-state index >= 15 is 0 Å². The summed E-state index contributed by atoms with van der Waals surface area (Å²) in [6.07, 6.45) is 1.55. The number of ether oxygens (including phenoxy) is 2. The van der Waals surface area contributed by atoms with Crippen LogP contribution in [0.1, 0.15) is 0 Å². The molecule has 0 fully saturated rings. The zero-order valence-corrected chi connectivity index (χ0v) is 12.2. The zero-order chi connectivity index (χ0) is 14.5. The van der Waals surface area contributed by atoms with Crippen LogP contribution in [0.5, 0.6) is 11.5 Å². The number of hydrogen-bond acceptors (Lipinski definition) is 5. The van der Waals surface area contributed by atoms with Gasteiger partial charge in [0.2, 0.25) is 0 Å². The lowest BCUT2D eigenvalue weighted by Crippen LogP contribution is -2.08. The lowest BCUT2D eigenvalue weighted by atomic mass is 10.3. The third-order valence-electron chi connectivity index (χ3n) is 2.52. The average Bonchev–Trinajstić information content (AvgIpc) is 2.81. The Labute approximate surface area is 123 Å². The molecule has 20 heavy (non-hydrogen) atoms. The first kappa shape index (κ1) is 14.3. The highest BCUT2D eigenvalue weighted by molar-refractivity contribution is 9.10. The molecule has 0 unspecified atom stereocenters. The van der Waals surface area contributed by atoms with Crippen LogP contribution in [0.25, 0.3) is 0 Å². The fourth-order valence-electron chi connectivity index (χ4n) is 1.55. The quantitative estimate of drug-likeness (QED) is 0.596. The van der Waals surface area contributed by atoms with Crippen molar-refractivity contribution in [2.75, 3.05) is 13.7 Å². The smallest absolute Gasteiger partial charge is 0.404 e. The van der Waals surface area contributed by atoms with Crippen molar-refractivity contribution in [3.8, 4) is 11.5 Å². The van der Waals surface area contributed by atoms with Crippen molar-refractivity contribution in [2.45, 2.75) is 6.54 Å². The molecular formula is C12H12BrN3O4. The van der Waals surface area contributed by atoms with Crippen LogP contribution in [0.15, 0.2) is 34.9 Å². The van der Waals surface area contributed by atoms with Gasteiger partial charge < -0.3 is 19.6 Å². The molecule has 0 radical (unpaired) electrons. The summed E-state index contributed by atoms with van der Waals surface area (Å²) in [5, 5.41) is 14.5. The van der Waals surface area contributed by atoms with Crippen LogP contribution in [0, 0.1) is 10.1 Å². The third kappa shape index (κ3) is 3.47. The minimum absolute atomic E-state index is 0.200. The minimum Gasteiger partial charge on any atom is -0.497 e. The van der Waals surface area contributed by atoms with Gasteiger partial charge in [0.1, 0.15) is 22.6 Å². The fourth-order valence-corrected chi connectivity index (χ4v) is 2.01. The number of benzene rings is 1. The normalized spacial score (nSPS) is 10.3. The van der Waals surface area contributed by atoms with Crippen molar-refractivity contribution in [1.29, 1.82) is 0 Å². The van der Waals surface area contributed by atoms with Crippen LogP contribution in [-0.4, -0.2) is 28.4 Å². The molecule has 2 rings (SSSR count). The van der Waals surface area contributed by atoms with Crippen LogP contribution in [0.2, 0.25) is 0 Å². The molecule has 0 saturated carbocycles. The Morgan fingerprint density at radius 2 is 2.00 bits per heavy atom. The minimum atomic E-state index is -0.537. The molecule has 0 aliphatic carbocycles. The van der Waals surface area contributed by atoms with Crippen LogP contribution in [0.3, 0.4) is 0 Å². The zero-order valence-electron chi connectivity index (χ0n) is 10.7. The SMILES string of the molecule is COc1ccc(OCCn2cc(Br)c([N+](=O)[O-])n2)cc1. The Kier molecular flexibility index (Phi) is 4.57. The molecule has 7 nitrogen and oxygen atoms in total. The second-order valence-corrected chi connectivity index (χ2v) is 4.70. The Morgan fingerprint density at radius 1 is 1.35 bits per heavy atom. The second kappa shape index (κ2) is 6.38. The van der Waals surface area contributed by atoms with Crippen molar-refractivity contribution in [3.63, 3.8) is 0 Å². The average molecular weight is 342 g/mol. The van der Waals surface area contributed by atoms with Crippen molar-refractivity contribution in [3.05, 3.63) is 45.0 Å². The van der Waals surface area contributed by atoms with E-state index in [0.29, 0.717) is 23.4 Å². The predicted octanol–water partition coefficient (Wildman–Crippen LogP) is 2.64. The van der Waals surface area contributed by atoms with Crippen LogP contribution in [0.4, 0.5) is 5.82 Å². The van der Waals surface area contributed by atoms with E-state index in [1.54, 1.807) is 37.6 Å². The first-order valence-corrected chi connectivity index (χ1v) is 6.53. The number of halogens is 1. The van der Waals surface area contributed by atoms with Crippen LogP contribution in [-0.2, 0) is 6.54 Å². The van der Waals surface area contributed by atoms with Crippen molar-refractivity contribution in [1.82, 2.24) is 9.78 Å². The summed E-state index contributed by atoms with van der Waals surface area (Å²) in [6, 6.07) is 7.18. The Morgan fingerprint density at radius 3 is 2.55 bits per heavy atom. The van der Waals surface area contributed by atoms with Crippen molar-refractivity contribution in [2.24, 2.45) is 0 Å². The van der Waals surface area contributed by atoms with Gasteiger partial charge in [0.15, 0.2) is 0 Å². The van der Waals surface area contributed by atoms with Gasteiger partial charge in [-0.15, -0.1) is 0 Å². The largest absolute Gasteiger partial charge is 0.497 e. The summed E-state index contributed by atoms with van der Waals surface area (Å²) >= 11 is 3.09. The number of hydrogen-bond donors (Lipinski definition) is 0. The second-order valence-electron chi connectivity index (χ2n) is 3.84. The van der Waals surface area contributed by atoms with Gasteiger partial charge in [0.25, 0.3) is 0 Å². The molecule has 0 N–H and O–H groups in total. The number of nitrogens with zero attached hydrogens (tertiary/aromatic N) is 3. The van der Waals surface area contributed by atoms with E-state index < -0.39 is 4.92 Å². The van der Waals surface area contributed by atoms with E-state index in [2.05, 4.69) is 21.0 Å². The van der Waals surface area contributed by atoms with E-state index in [0.717, 1.165) is 5.75 Å². The van der Waals surface area contributed by atoms with Gasteiger partial charge >= 0.3 is 5.82 Å². The summed E-state index contributed by atoms with van der Waals surface area (Å²) in [7, 11) is 1.60. The van der Waals surface area contributed by atoms with Gasteiger partial charge in [-0.3, -0.25) is 0 Å². The van der Waals surface area contributed by atoms with Gasteiger partial charge in [-0.2, -0.15) is 4.68 Å². The fraction of sp³-hybridized carbons (Fsp3) is 0.250. The van der Waals surface area contributed by atoms with E-state index in [-0.39, 0.29) is 5.82 Å². The summed E-state index contributed by atoms with van der Waals surface area (Å²) in [5.74, 6) is 1.25. The molecule has 2 aromatic rings. The molecule has 0 atom stereocenters. The first-order chi connectivity index (χ1) is 9.60. The molecular weight excluding hydrogens is 330 g/mol. The monoisotopic (exact) mass is 341 g/mol. The summed E-state index contributed by atoms with van der Waals surface area (Å²) < 4.78 is 12.4. The molecule has 106 valence electrons. The van der Waals surface area contributed by atoms with Crippen LogP contribution < -0.4 is 9.47 Å². The van der Waals surface area contributed by atoms with Gasteiger partial charge in [0, 0.05) is 0 Å². The Balaban J connectivity index is 1.89. The molecule has 8 heteroatoms. The number of aromatic nitrogens is 2. The molecule has 1 heterocycles. The Hall–Kier alpha value is -2.09. The molecule has 1 aromatic carbocycles. The predicted molar refractivity (Wildman–Crippen MR) is 75.1 cm³/mol. The number of rotatable bonds is 6. The highest BCUT2D eigenvalue weighted by atomic mass is 79.9. The molecule has 0 saturated heterocycles. The van der Waals surface area contributed by atoms with Gasteiger partial charge in [-0.25, -0.2) is 0 Å². The maximum absolute atomic E-state index is 10.6. The van der Waals surface area contributed by atoms with Gasteiger partial charge in [-0.05, 0) is 45.1 Å². The molecule has 0 aliphatic heterocycles. The first-order valence-electron chi connectivity index (χ1n) is 5.74. The van der Waals surface area contributed by atoms with Crippen molar-refractivity contribution >= 4 is 21.7 Å². The maximum Gasteiger partial charge on any atom is 0.404 e. The lowest BCUT2D eigenvalue weighted by molar-refractivity contribution is -0.390. The van der Waals surface area contributed by atoms with Gasteiger partial charge in [-0.1, -0.05) is 0 Å². The molecule has 0 bridgehead atoms. The maximum atomic E-state index is 10.6. The van der Waals surface area contributed by atoms with Crippen molar-refractivity contribution < 1.29 is 14.4 Å². The highest BCUT2D eigenvalue weighted by Gasteiger charge is 2.18. The van der Waals surface area contributed by atoms with Crippen LogP contribution >= 0.6 is 15.9 Å². The van der Waals surface area contributed by atoms with E-state index in [1.165, 1.54) is 4.68 Å². The molecule has 0 aliphatic rings. The van der Waals surface area contributed by atoms with E-state index in [1.807, 2.05) is 0 Å². The number of nitro groups is 1. The standard InChI is InChI=1S/C12H12BrN3O4/c1-19-9-2-4-10(5-3-9)20-7-6-15-8-11(13)12(14-15)16(17)18/h2-5,8H,6-7H2,1H3. The molecule has 0 amide bonds. The summed E-state index contributed by atoms with van der Waals surface area (Å²) in [6.45, 7) is 0.774. The Bertz CT molecular complexity index is 597. The summed E-state index contributed by atoms with van der Waals surface area (Å²) in [5.41, 5.74) is 0. The van der Waals surface area contributed by atoms with E-state index in [4.69, 9.17) is 9.47 Å². The molecule has 0 spiro atoms. The van der Waals surface area contributed by atoms with E-state index in [9.17, 15) is 10.1 Å². The lowest BCUT2D eigenvalue weighted by Gasteiger charge is -2.05. The third-order valence-corrected chi connectivity index (χ3v) is 3.08.